The molecule has 0 spiro atoms. The highest BCUT2D eigenvalue weighted by atomic mass is 35.5. The summed E-state index contributed by atoms with van der Waals surface area (Å²) in [5.41, 5.74) is 0. The summed E-state index contributed by atoms with van der Waals surface area (Å²) in [5, 5.41) is 3.24. The zero-order valence-corrected chi connectivity index (χ0v) is 14.1. The molecule has 124 valence electrons. The molecule has 0 aromatic heterocycles. The fourth-order valence-electron chi connectivity index (χ4n) is 2.57. The van der Waals surface area contributed by atoms with Gasteiger partial charge in [0.05, 0.1) is 18.1 Å². The number of fused-ring (bicyclic) bond motifs is 1. The van der Waals surface area contributed by atoms with E-state index in [0.717, 1.165) is 6.42 Å². The summed E-state index contributed by atoms with van der Waals surface area (Å²) < 4.78 is 38.0. The van der Waals surface area contributed by atoms with Gasteiger partial charge in [-0.05, 0) is 19.1 Å². The van der Waals surface area contributed by atoms with Crippen molar-refractivity contribution in [2.45, 2.75) is 24.3 Å². The Morgan fingerprint density at radius 2 is 1.95 bits per heavy atom. The van der Waals surface area contributed by atoms with Crippen molar-refractivity contribution in [3.63, 3.8) is 0 Å². The van der Waals surface area contributed by atoms with Crippen molar-refractivity contribution in [1.82, 2.24) is 9.62 Å². The molecule has 0 bridgehead atoms. The van der Waals surface area contributed by atoms with Gasteiger partial charge in [-0.2, -0.15) is 4.31 Å². The molecule has 1 aromatic rings. The molecule has 0 saturated carbocycles. The number of nitrogens with one attached hydrogen (secondary N) is 1. The molecule has 1 atom stereocenters. The number of benzene rings is 1. The number of nitrogens with zero attached hydrogens (tertiary/aromatic N) is 1. The van der Waals surface area contributed by atoms with Gasteiger partial charge >= 0.3 is 0 Å². The zero-order chi connectivity index (χ0) is 14.9. The molecule has 8 heteroatoms. The van der Waals surface area contributed by atoms with Crippen LogP contribution in [0.2, 0.25) is 0 Å². The maximum Gasteiger partial charge on any atom is 0.243 e. The van der Waals surface area contributed by atoms with Crippen molar-refractivity contribution in [3.8, 4) is 11.5 Å². The van der Waals surface area contributed by atoms with Crippen LogP contribution in [0.5, 0.6) is 11.5 Å². The van der Waals surface area contributed by atoms with E-state index < -0.39 is 10.0 Å². The summed E-state index contributed by atoms with van der Waals surface area (Å²) >= 11 is 0. The topological polar surface area (TPSA) is 67.9 Å². The third-order valence-corrected chi connectivity index (χ3v) is 5.55. The molecule has 6 nitrogen and oxygen atoms in total. The molecule has 1 fully saturated rings. The number of piperazine rings is 1. The van der Waals surface area contributed by atoms with Gasteiger partial charge in [-0.1, -0.05) is 0 Å². The molecule has 22 heavy (non-hydrogen) atoms. The van der Waals surface area contributed by atoms with E-state index in [4.69, 9.17) is 9.47 Å². The minimum absolute atomic E-state index is 0. The van der Waals surface area contributed by atoms with E-state index in [0.29, 0.717) is 44.3 Å². The van der Waals surface area contributed by atoms with Crippen molar-refractivity contribution >= 4 is 22.4 Å². The molecule has 0 aliphatic carbocycles. The predicted molar refractivity (Wildman–Crippen MR) is 85.5 cm³/mol. The second-order valence-electron chi connectivity index (χ2n) is 5.38. The van der Waals surface area contributed by atoms with Gasteiger partial charge in [0.1, 0.15) is 0 Å². The van der Waals surface area contributed by atoms with E-state index >= 15 is 0 Å². The number of rotatable bonds is 2. The molecule has 1 aromatic carbocycles. The van der Waals surface area contributed by atoms with Gasteiger partial charge in [0, 0.05) is 38.2 Å². The van der Waals surface area contributed by atoms with Crippen LogP contribution in [0.25, 0.3) is 0 Å². The van der Waals surface area contributed by atoms with Crippen LogP contribution in [0.15, 0.2) is 23.1 Å². The normalized spacial score (nSPS) is 22.5. The standard InChI is InChI=1S/C14H20N2O4S.ClH/c1-11-10-16(6-5-15-11)21(17,18)12-3-4-13-14(9-12)20-8-2-7-19-13;/h3-4,9,11,15H,2,5-8,10H2,1H3;1H. The van der Waals surface area contributed by atoms with E-state index in [2.05, 4.69) is 5.32 Å². The molecule has 2 heterocycles. The van der Waals surface area contributed by atoms with Crippen LogP contribution in [0, 0.1) is 0 Å². The van der Waals surface area contributed by atoms with Gasteiger partial charge < -0.3 is 14.8 Å². The molecule has 1 N–H and O–H groups in total. The summed E-state index contributed by atoms with van der Waals surface area (Å²) in [6.07, 6.45) is 0.798. The minimum atomic E-state index is -3.48. The van der Waals surface area contributed by atoms with Gasteiger partial charge in [0.15, 0.2) is 11.5 Å². The Labute approximate surface area is 137 Å². The first kappa shape index (κ1) is 17.3. The van der Waals surface area contributed by atoms with Crippen molar-refractivity contribution < 1.29 is 17.9 Å². The third kappa shape index (κ3) is 3.48. The SMILES string of the molecule is CC1CN(S(=O)(=O)c2ccc3c(c2)OCCCO3)CCN1.Cl. The fourth-order valence-corrected chi connectivity index (χ4v) is 4.11. The maximum atomic E-state index is 12.7. The zero-order valence-electron chi connectivity index (χ0n) is 12.4. The van der Waals surface area contributed by atoms with Crippen LogP contribution in [-0.2, 0) is 10.0 Å². The first-order chi connectivity index (χ1) is 10.1. The van der Waals surface area contributed by atoms with Crippen LogP contribution in [0.4, 0.5) is 0 Å². The summed E-state index contributed by atoms with van der Waals surface area (Å²) in [7, 11) is -3.48. The smallest absolute Gasteiger partial charge is 0.243 e. The van der Waals surface area contributed by atoms with Gasteiger partial charge in [-0.3, -0.25) is 0 Å². The Morgan fingerprint density at radius 1 is 1.23 bits per heavy atom. The lowest BCUT2D eigenvalue weighted by Crippen LogP contribution is -2.51. The Balaban J connectivity index is 0.00000176. The van der Waals surface area contributed by atoms with E-state index in [1.165, 1.54) is 4.31 Å². The summed E-state index contributed by atoms with van der Waals surface area (Å²) in [4.78, 5) is 0.265. The molecular formula is C14H21ClN2O4S. The Morgan fingerprint density at radius 3 is 2.68 bits per heavy atom. The quantitative estimate of drug-likeness (QED) is 0.871. The van der Waals surface area contributed by atoms with Crippen LogP contribution in [0.3, 0.4) is 0 Å². The predicted octanol–water partition coefficient (Wildman–Crippen LogP) is 1.25. The van der Waals surface area contributed by atoms with E-state index in [9.17, 15) is 8.42 Å². The molecule has 3 rings (SSSR count). The molecule has 0 amide bonds. The number of ether oxygens (including phenoxy) is 2. The van der Waals surface area contributed by atoms with Gasteiger partial charge in [0.25, 0.3) is 0 Å². The number of hydrogen-bond donors (Lipinski definition) is 1. The van der Waals surface area contributed by atoms with Gasteiger partial charge in [-0.25, -0.2) is 8.42 Å². The Kier molecular flexibility index (Phi) is 5.55. The molecule has 1 unspecified atom stereocenters. The second kappa shape index (κ2) is 7.04. The second-order valence-corrected chi connectivity index (χ2v) is 7.32. The van der Waals surface area contributed by atoms with Crippen molar-refractivity contribution in [1.29, 1.82) is 0 Å². The third-order valence-electron chi connectivity index (χ3n) is 3.69. The summed E-state index contributed by atoms with van der Waals surface area (Å²) in [6, 6.07) is 5.01. The molecule has 0 radical (unpaired) electrons. The number of halogens is 1. The van der Waals surface area contributed by atoms with Crippen LogP contribution < -0.4 is 14.8 Å². The summed E-state index contributed by atoms with van der Waals surface area (Å²) in [6.45, 7) is 4.76. The van der Waals surface area contributed by atoms with E-state index in [-0.39, 0.29) is 23.3 Å². The lowest BCUT2D eigenvalue weighted by molar-refractivity contribution is 0.296. The highest BCUT2D eigenvalue weighted by Crippen LogP contribution is 2.33. The summed E-state index contributed by atoms with van der Waals surface area (Å²) in [5.74, 6) is 1.12. The highest BCUT2D eigenvalue weighted by Gasteiger charge is 2.29. The first-order valence-electron chi connectivity index (χ1n) is 7.20. The molecular weight excluding hydrogens is 328 g/mol. The fraction of sp³-hybridized carbons (Fsp3) is 0.571. The Bertz CT molecular complexity index is 623. The number of hydrogen-bond acceptors (Lipinski definition) is 5. The average molecular weight is 349 g/mol. The largest absolute Gasteiger partial charge is 0.490 e. The monoisotopic (exact) mass is 348 g/mol. The molecule has 2 aliphatic heterocycles. The van der Waals surface area contributed by atoms with Crippen molar-refractivity contribution in [3.05, 3.63) is 18.2 Å². The molecule has 2 aliphatic rings. The van der Waals surface area contributed by atoms with Crippen molar-refractivity contribution in [2.75, 3.05) is 32.8 Å². The van der Waals surface area contributed by atoms with Crippen LogP contribution in [0.1, 0.15) is 13.3 Å². The van der Waals surface area contributed by atoms with E-state index in [1.807, 2.05) is 6.92 Å². The lowest BCUT2D eigenvalue weighted by atomic mass is 10.3. The van der Waals surface area contributed by atoms with Crippen molar-refractivity contribution in [2.24, 2.45) is 0 Å². The highest BCUT2D eigenvalue weighted by molar-refractivity contribution is 7.89. The Hall–Kier alpha value is -1.02. The minimum Gasteiger partial charge on any atom is -0.490 e. The lowest BCUT2D eigenvalue weighted by Gasteiger charge is -2.31. The van der Waals surface area contributed by atoms with E-state index in [1.54, 1.807) is 18.2 Å². The molecule has 1 saturated heterocycles. The van der Waals surface area contributed by atoms with Gasteiger partial charge in [-0.15, -0.1) is 12.4 Å². The van der Waals surface area contributed by atoms with Gasteiger partial charge in [0.2, 0.25) is 10.0 Å². The van der Waals surface area contributed by atoms with Crippen LogP contribution in [-0.4, -0.2) is 51.6 Å². The number of sulfonamides is 1. The first-order valence-corrected chi connectivity index (χ1v) is 8.64. The maximum absolute atomic E-state index is 12.7. The average Bonchev–Trinajstić information content (AvgIpc) is 2.71. The van der Waals surface area contributed by atoms with Crippen LogP contribution >= 0.6 is 12.4 Å².